The average Bonchev–Trinajstić information content (AvgIpc) is 2.60. The van der Waals surface area contributed by atoms with Crippen LogP contribution in [0, 0.1) is 6.92 Å². The molecule has 0 saturated heterocycles. The molecular weight excluding hydrogens is 216 g/mol. The highest BCUT2D eigenvalue weighted by Gasteiger charge is 2.11. The summed E-state index contributed by atoms with van der Waals surface area (Å²) in [7, 11) is 0. The standard InChI is InChI=1S/C18H14/c1-12-8-9-15-11-10-14-5-2-4-13-6-3-7-16(12)18(15)17(13)14/h2-5,7-11H,6H2,1H3. The molecule has 0 N–H and O–H groups in total. The van der Waals surface area contributed by atoms with Gasteiger partial charge in [0.2, 0.25) is 0 Å². The highest BCUT2D eigenvalue weighted by Crippen LogP contribution is 2.35. The maximum absolute atomic E-state index is 2.29. The van der Waals surface area contributed by atoms with Gasteiger partial charge in [0.15, 0.2) is 0 Å². The van der Waals surface area contributed by atoms with Gasteiger partial charge >= 0.3 is 0 Å². The lowest BCUT2D eigenvalue weighted by Gasteiger charge is -2.11. The van der Waals surface area contributed by atoms with Crippen molar-refractivity contribution in [1.82, 2.24) is 0 Å². The second-order valence-corrected chi connectivity index (χ2v) is 5.08. The predicted molar refractivity (Wildman–Crippen MR) is 78.9 cm³/mol. The van der Waals surface area contributed by atoms with E-state index in [-0.39, 0.29) is 0 Å². The van der Waals surface area contributed by atoms with Gasteiger partial charge in [-0.25, -0.2) is 0 Å². The predicted octanol–water partition coefficient (Wildman–Crippen LogP) is 4.87. The van der Waals surface area contributed by atoms with Crippen LogP contribution >= 0.6 is 0 Å². The maximum atomic E-state index is 2.29. The normalized spacial score (nSPS) is 13.4. The Bertz CT molecular complexity index is 807. The smallest absolute Gasteiger partial charge is 0.00274 e. The van der Waals surface area contributed by atoms with E-state index in [9.17, 15) is 0 Å². The summed E-state index contributed by atoms with van der Waals surface area (Å²) < 4.78 is 0. The fourth-order valence-electron chi connectivity index (χ4n) is 3.09. The minimum absolute atomic E-state index is 1.03. The summed E-state index contributed by atoms with van der Waals surface area (Å²) >= 11 is 0. The second kappa shape index (κ2) is 3.46. The summed E-state index contributed by atoms with van der Waals surface area (Å²) in [5.74, 6) is 0. The van der Waals surface area contributed by atoms with Gasteiger partial charge in [-0.3, -0.25) is 0 Å². The Morgan fingerprint density at radius 3 is 2.50 bits per heavy atom. The van der Waals surface area contributed by atoms with E-state index in [0.717, 1.165) is 6.42 Å². The van der Waals surface area contributed by atoms with Crippen LogP contribution in [0.1, 0.15) is 16.7 Å². The molecule has 0 amide bonds. The molecule has 3 aromatic rings. The van der Waals surface area contributed by atoms with Crippen molar-refractivity contribution in [2.45, 2.75) is 13.3 Å². The van der Waals surface area contributed by atoms with E-state index in [1.807, 2.05) is 0 Å². The van der Waals surface area contributed by atoms with Crippen molar-refractivity contribution in [2.24, 2.45) is 0 Å². The van der Waals surface area contributed by atoms with Crippen LogP contribution in [0.15, 0.2) is 48.5 Å². The Morgan fingerprint density at radius 2 is 1.61 bits per heavy atom. The van der Waals surface area contributed by atoms with Crippen LogP contribution in [-0.2, 0) is 6.42 Å². The van der Waals surface area contributed by atoms with Crippen molar-refractivity contribution in [3.8, 4) is 0 Å². The number of rotatable bonds is 0. The van der Waals surface area contributed by atoms with Crippen molar-refractivity contribution < 1.29 is 0 Å². The highest BCUT2D eigenvalue weighted by molar-refractivity contribution is 6.13. The fraction of sp³-hybridized carbons (Fsp3) is 0.111. The van der Waals surface area contributed by atoms with E-state index in [2.05, 4.69) is 61.5 Å². The van der Waals surface area contributed by atoms with Gasteiger partial charge in [0.1, 0.15) is 0 Å². The topological polar surface area (TPSA) is 0 Å². The first-order valence-corrected chi connectivity index (χ1v) is 6.45. The molecule has 0 aliphatic heterocycles. The van der Waals surface area contributed by atoms with Crippen molar-refractivity contribution in [2.75, 3.05) is 0 Å². The zero-order valence-corrected chi connectivity index (χ0v) is 10.4. The summed E-state index contributed by atoms with van der Waals surface area (Å²) in [5, 5.41) is 5.58. The molecule has 0 atom stereocenters. The second-order valence-electron chi connectivity index (χ2n) is 5.08. The summed E-state index contributed by atoms with van der Waals surface area (Å²) in [6.07, 6.45) is 5.61. The minimum atomic E-state index is 1.03. The molecule has 86 valence electrons. The third kappa shape index (κ3) is 1.20. The summed E-state index contributed by atoms with van der Waals surface area (Å²) in [6.45, 7) is 2.20. The third-order valence-electron chi connectivity index (χ3n) is 3.99. The Labute approximate surface area is 107 Å². The molecule has 1 aliphatic rings. The first kappa shape index (κ1) is 9.90. The molecule has 0 nitrogen and oxygen atoms in total. The molecule has 0 spiro atoms. The Morgan fingerprint density at radius 1 is 0.833 bits per heavy atom. The van der Waals surface area contributed by atoms with Gasteiger partial charge < -0.3 is 0 Å². The maximum Gasteiger partial charge on any atom is -0.00274 e. The van der Waals surface area contributed by atoms with Gasteiger partial charge in [-0.15, -0.1) is 0 Å². The molecule has 0 radical (unpaired) electrons. The van der Waals surface area contributed by atoms with E-state index in [1.54, 1.807) is 0 Å². The number of allylic oxidation sites excluding steroid dienone is 1. The van der Waals surface area contributed by atoms with Crippen molar-refractivity contribution >= 4 is 27.6 Å². The van der Waals surface area contributed by atoms with E-state index in [1.165, 1.54) is 38.2 Å². The molecule has 4 rings (SSSR count). The van der Waals surface area contributed by atoms with Gasteiger partial charge in [0.05, 0.1) is 0 Å². The molecular formula is C18H14. The number of hydrogen-bond acceptors (Lipinski definition) is 0. The monoisotopic (exact) mass is 230 g/mol. The first-order valence-electron chi connectivity index (χ1n) is 6.45. The molecule has 0 saturated carbocycles. The summed E-state index contributed by atoms with van der Waals surface area (Å²) in [5.41, 5.74) is 4.20. The van der Waals surface area contributed by atoms with Gasteiger partial charge in [-0.2, -0.15) is 0 Å². The van der Waals surface area contributed by atoms with Crippen LogP contribution in [0.4, 0.5) is 0 Å². The van der Waals surface area contributed by atoms with Gasteiger partial charge in [-0.05, 0) is 51.6 Å². The van der Waals surface area contributed by atoms with E-state index >= 15 is 0 Å². The van der Waals surface area contributed by atoms with Crippen molar-refractivity contribution in [3.63, 3.8) is 0 Å². The zero-order valence-electron chi connectivity index (χ0n) is 10.4. The average molecular weight is 230 g/mol. The lowest BCUT2D eigenvalue weighted by Crippen LogP contribution is -1.87. The number of benzene rings is 3. The van der Waals surface area contributed by atoms with Crippen LogP contribution in [0.2, 0.25) is 0 Å². The lowest BCUT2D eigenvalue weighted by molar-refractivity contribution is 1.32. The molecule has 0 heterocycles. The quantitative estimate of drug-likeness (QED) is 0.483. The minimum Gasteiger partial charge on any atom is -0.0795 e. The van der Waals surface area contributed by atoms with E-state index < -0.39 is 0 Å². The Balaban J connectivity index is 2.40. The van der Waals surface area contributed by atoms with Crippen LogP contribution in [0.3, 0.4) is 0 Å². The molecule has 3 aromatic carbocycles. The van der Waals surface area contributed by atoms with E-state index in [4.69, 9.17) is 0 Å². The lowest BCUT2D eigenvalue weighted by atomic mass is 9.93. The summed E-state index contributed by atoms with van der Waals surface area (Å²) in [6, 6.07) is 15.6. The zero-order chi connectivity index (χ0) is 12.1. The molecule has 0 aromatic heterocycles. The van der Waals surface area contributed by atoms with Crippen molar-refractivity contribution in [3.05, 3.63) is 65.2 Å². The molecule has 0 fully saturated rings. The number of hydrogen-bond donors (Lipinski definition) is 0. The molecule has 18 heavy (non-hydrogen) atoms. The number of aryl methyl sites for hydroxylation is 1. The largest absolute Gasteiger partial charge is 0.0795 e. The third-order valence-corrected chi connectivity index (χ3v) is 3.99. The van der Waals surface area contributed by atoms with Crippen LogP contribution < -0.4 is 0 Å². The van der Waals surface area contributed by atoms with Gasteiger partial charge in [-0.1, -0.05) is 54.6 Å². The van der Waals surface area contributed by atoms with Crippen LogP contribution in [0.5, 0.6) is 0 Å². The molecule has 0 heteroatoms. The Hall–Kier alpha value is -2.08. The molecule has 0 unspecified atom stereocenters. The van der Waals surface area contributed by atoms with Crippen LogP contribution in [0.25, 0.3) is 27.6 Å². The SMILES string of the molecule is Cc1ccc2ccc3cccc4c3c2c1C=CC4. The van der Waals surface area contributed by atoms with Gasteiger partial charge in [0.25, 0.3) is 0 Å². The summed E-state index contributed by atoms with van der Waals surface area (Å²) in [4.78, 5) is 0. The molecule has 0 bridgehead atoms. The molecule has 1 aliphatic carbocycles. The highest BCUT2D eigenvalue weighted by atomic mass is 14.2. The Kier molecular flexibility index (Phi) is 1.90. The fourth-order valence-corrected chi connectivity index (χ4v) is 3.09. The van der Waals surface area contributed by atoms with E-state index in [0.29, 0.717) is 0 Å². The van der Waals surface area contributed by atoms with Crippen LogP contribution in [-0.4, -0.2) is 0 Å². The van der Waals surface area contributed by atoms with Crippen molar-refractivity contribution in [1.29, 1.82) is 0 Å². The first-order chi connectivity index (χ1) is 8.84. The van der Waals surface area contributed by atoms with Gasteiger partial charge in [0, 0.05) is 0 Å².